The second kappa shape index (κ2) is 7.65. The fourth-order valence-corrected chi connectivity index (χ4v) is 2.61. The van der Waals surface area contributed by atoms with E-state index in [1.165, 1.54) is 6.21 Å². The molecule has 1 aromatic heterocycles. The molecule has 6 heteroatoms. The highest BCUT2D eigenvalue weighted by atomic mass is 16.5. The van der Waals surface area contributed by atoms with Crippen molar-refractivity contribution in [3.63, 3.8) is 0 Å². The van der Waals surface area contributed by atoms with Crippen LogP contribution < -0.4 is 10.2 Å². The first-order chi connectivity index (χ1) is 12.5. The van der Waals surface area contributed by atoms with Crippen LogP contribution in [0, 0.1) is 13.8 Å². The molecule has 0 unspecified atom stereocenters. The summed E-state index contributed by atoms with van der Waals surface area (Å²) in [6.07, 6.45) is 3.21. The number of rotatable bonds is 5. The van der Waals surface area contributed by atoms with Crippen LogP contribution in [0.2, 0.25) is 0 Å². The molecule has 1 heterocycles. The van der Waals surface area contributed by atoms with Gasteiger partial charge in [-0.2, -0.15) is 5.10 Å². The second-order valence-corrected chi connectivity index (χ2v) is 5.92. The number of nitrogens with zero attached hydrogens (tertiary/aromatic N) is 2. The van der Waals surface area contributed by atoms with Gasteiger partial charge in [0, 0.05) is 11.6 Å². The lowest BCUT2D eigenvalue weighted by molar-refractivity contribution is -0.123. The van der Waals surface area contributed by atoms with E-state index < -0.39 is 0 Å². The maximum absolute atomic E-state index is 11.9. The molecule has 0 spiro atoms. The number of aromatic nitrogens is 1. The average molecular weight is 349 g/mol. The van der Waals surface area contributed by atoms with Gasteiger partial charge in [0.05, 0.1) is 6.21 Å². The summed E-state index contributed by atoms with van der Waals surface area (Å²) in [5.74, 6) is 0.441. The number of hydrogen-bond acceptors (Lipinski definition) is 5. The van der Waals surface area contributed by atoms with Crippen molar-refractivity contribution in [2.75, 3.05) is 6.61 Å². The lowest BCUT2D eigenvalue weighted by Gasteiger charge is -2.07. The number of aryl methyl sites for hydroxylation is 2. The largest absolute Gasteiger partial charge is 0.507 e. The number of para-hydroxylation sites is 1. The third-order valence-electron chi connectivity index (χ3n) is 3.87. The van der Waals surface area contributed by atoms with Crippen LogP contribution in [0.3, 0.4) is 0 Å². The summed E-state index contributed by atoms with van der Waals surface area (Å²) in [5, 5.41) is 14.6. The monoisotopic (exact) mass is 349 g/mol. The number of carbonyl (C=O) groups is 1. The van der Waals surface area contributed by atoms with Gasteiger partial charge in [-0.15, -0.1) is 0 Å². The number of hydrogen-bond donors (Lipinski definition) is 2. The maximum atomic E-state index is 11.9. The standard InChI is InChI=1S/C20H19N3O3/c1-13-9-15(10-14(2)20(13)25)11-22-23-18(24)12-26-17-7-3-5-16-6-4-8-21-19(16)17/h3-11,25H,12H2,1-2H3,(H,23,24). The molecule has 0 aliphatic heterocycles. The molecule has 0 saturated carbocycles. The van der Waals surface area contributed by atoms with E-state index in [0.717, 1.165) is 22.1 Å². The first-order valence-corrected chi connectivity index (χ1v) is 8.13. The summed E-state index contributed by atoms with van der Waals surface area (Å²) in [7, 11) is 0. The van der Waals surface area contributed by atoms with E-state index in [2.05, 4.69) is 15.5 Å². The van der Waals surface area contributed by atoms with Gasteiger partial charge in [-0.3, -0.25) is 9.78 Å². The van der Waals surface area contributed by atoms with Crippen molar-refractivity contribution in [3.05, 3.63) is 65.4 Å². The number of phenolic OH excluding ortho intramolecular Hbond substituents is 1. The first kappa shape index (κ1) is 17.4. The quantitative estimate of drug-likeness (QED) is 0.548. The fourth-order valence-electron chi connectivity index (χ4n) is 2.61. The minimum Gasteiger partial charge on any atom is -0.507 e. The van der Waals surface area contributed by atoms with Gasteiger partial charge in [-0.05, 0) is 54.8 Å². The highest BCUT2D eigenvalue weighted by molar-refractivity contribution is 5.86. The normalized spacial score (nSPS) is 11.0. The number of pyridine rings is 1. The van der Waals surface area contributed by atoms with Crippen LogP contribution in [-0.2, 0) is 4.79 Å². The van der Waals surface area contributed by atoms with Crippen LogP contribution in [0.5, 0.6) is 11.5 Å². The molecule has 0 saturated heterocycles. The molecule has 0 fully saturated rings. The van der Waals surface area contributed by atoms with Crippen LogP contribution in [0.4, 0.5) is 0 Å². The number of carbonyl (C=O) groups excluding carboxylic acids is 1. The van der Waals surface area contributed by atoms with Crippen molar-refractivity contribution in [1.29, 1.82) is 0 Å². The number of hydrazone groups is 1. The molecule has 0 radical (unpaired) electrons. The molecule has 26 heavy (non-hydrogen) atoms. The van der Waals surface area contributed by atoms with Crippen molar-refractivity contribution in [3.8, 4) is 11.5 Å². The van der Waals surface area contributed by atoms with E-state index in [1.807, 2.05) is 38.1 Å². The third kappa shape index (κ3) is 3.97. The SMILES string of the molecule is Cc1cc(C=NNC(=O)COc2cccc3cccnc23)cc(C)c1O. The number of amides is 1. The van der Waals surface area contributed by atoms with Crippen LogP contribution >= 0.6 is 0 Å². The highest BCUT2D eigenvalue weighted by Gasteiger charge is 2.06. The Labute approximate surface area is 151 Å². The number of aromatic hydroxyl groups is 1. The predicted octanol–water partition coefficient (Wildman–Crippen LogP) is 3.09. The molecular formula is C20H19N3O3. The summed E-state index contributed by atoms with van der Waals surface area (Å²) in [6.45, 7) is 3.45. The van der Waals surface area contributed by atoms with E-state index in [9.17, 15) is 9.90 Å². The van der Waals surface area contributed by atoms with E-state index in [1.54, 1.807) is 24.4 Å². The zero-order chi connectivity index (χ0) is 18.5. The van der Waals surface area contributed by atoms with Gasteiger partial charge < -0.3 is 9.84 Å². The van der Waals surface area contributed by atoms with Gasteiger partial charge in [0.25, 0.3) is 5.91 Å². The second-order valence-electron chi connectivity index (χ2n) is 5.92. The van der Waals surface area contributed by atoms with Crippen molar-refractivity contribution < 1.29 is 14.6 Å². The Balaban J connectivity index is 1.59. The van der Waals surface area contributed by atoms with E-state index >= 15 is 0 Å². The van der Waals surface area contributed by atoms with Gasteiger partial charge in [0.15, 0.2) is 6.61 Å². The Hall–Kier alpha value is -3.41. The minimum atomic E-state index is -0.374. The Morgan fingerprint density at radius 3 is 2.73 bits per heavy atom. The zero-order valence-electron chi connectivity index (χ0n) is 14.6. The van der Waals surface area contributed by atoms with Crippen LogP contribution in [-0.4, -0.2) is 28.8 Å². The van der Waals surface area contributed by atoms with Crippen molar-refractivity contribution in [2.45, 2.75) is 13.8 Å². The first-order valence-electron chi connectivity index (χ1n) is 8.13. The van der Waals surface area contributed by atoms with Gasteiger partial charge in [-0.1, -0.05) is 18.2 Å². The molecule has 3 rings (SSSR count). The Kier molecular flexibility index (Phi) is 5.12. The smallest absolute Gasteiger partial charge is 0.277 e. The van der Waals surface area contributed by atoms with E-state index in [0.29, 0.717) is 11.3 Å². The molecule has 0 aliphatic rings. The fraction of sp³-hybridized carbons (Fsp3) is 0.150. The predicted molar refractivity (Wildman–Crippen MR) is 101 cm³/mol. The Morgan fingerprint density at radius 1 is 1.23 bits per heavy atom. The summed E-state index contributed by atoms with van der Waals surface area (Å²) in [5.41, 5.74) is 5.43. The molecule has 2 aromatic carbocycles. The molecular weight excluding hydrogens is 330 g/mol. The average Bonchev–Trinajstić information content (AvgIpc) is 2.64. The third-order valence-corrected chi connectivity index (χ3v) is 3.87. The molecule has 6 nitrogen and oxygen atoms in total. The van der Waals surface area contributed by atoms with Crippen LogP contribution in [0.25, 0.3) is 10.9 Å². The van der Waals surface area contributed by atoms with Crippen molar-refractivity contribution in [2.24, 2.45) is 5.10 Å². The topological polar surface area (TPSA) is 83.8 Å². The number of nitrogens with one attached hydrogen (secondary N) is 1. The summed E-state index contributed by atoms with van der Waals surface area (Å²) < 4.78 is 5.56. The molecule has 3 aromatic rings. The molecule has 0 bridgehead atoms. The van der Waals surface area contributed by atoms with Crippen molar-refractivity contribution in [1.82, 2.24) is 10.4 Å². The lowest BCUT2D eigenvalue weighted by Crippen LogP contribution is -2.24. The highest BCUT2D eigenvalue weighted by Crippen LogP contribution is 2.23. The van der Waals surface area contributed by atoms with Crippen LogP contribution in [0.1, 0.15) is 16.7 Å². The summed E-state index contributed by atoms with van der Waals surface area (Å²) >= 11 is 0. The molecule has 0 aliphatic carbocycles. The van der Waals surface area contributed by atoms with Gasteiger partial charge in [-0.25, -0.2) is 5.43 Å². The Morgan fingerprint density at radius 2 is 1.96 bits per heavy atom. The zero-order valence-corrected chi connectivity index (χ0v) is 14.6. The number of fused-ring (bicyclic) bond motifs is 1. The molecule has 2 N–H and O–H groups in total. The minimum absolute atomic E-state index is 0.166. The van der Waals surface area contributed by atoms with E-state index in [4.69, 9.17) is 4.74 Å². The van der Waals surface area contributed by atoms with E-state index in [-0.39, 0.29) is 18.3 Å². The summed E-state index contributed by atoms with van der Waals surface area (Å²) in [4.78, 5) is 16.2. The number of benzene rings is 2. The number of phenols is 1. The summed E-state index contributed by atoms with van der Waals surface area (Å²) in [6, 6.07) is 12.9. The van der Waals surface area contributed by atoms with Crippen molar-refractivity contribution >= 4 is 23.0 Å². The van der Waals surface area contributed by atoms with Gasteiger partial charge in [0.1, 0.15) is 17.0 Å². The maximum Gasteiger partial charge on any atom is 0.277 e. The lowest BCUT2D eigenvalue weighted by atomic mass is 10.1. The van der Waals surface area contributed by atoms with Gasteiger partial charge >= 0.3 is 0 Å². The molecule has 0 atom stereocenters. The molecule has 132 valence electrons. The molecule has 1 amide bonds. The van der Waals surface area contributed by atoms with Crippen LogP contribution in [0.15, 0.2) is 53.8 Å². The Bertz CT molecular complexity index is 955. The number of ether oxygens (including phenoxy) is 1. The van der Waals surface area contributed by atoms with Gasteiger partial charge in [0.2, 0.25) is 0 Å².